The highest BCUT2D eigenvalue weighted by atomic mass is 19.3. The van der Waals surface area contributed by atoms with Gasteiger partial charge in [-0.05, 0) is 6.92 Å². The summed E-state index contributed by atoms with van der Waals surface area (Å²) in [7, 11) is 0. The summed E-state index contributed by atoms with van der Waals surface area (Å²) < 4.78 is 76.8. The quantitative estimate of drug-likeness (QED) is 0.391. The minimum Gasteiger partial charge on any atom is -0.206 e. The minimum absolute atomic E-state index is 0.200. The molecule has 0 saturated carbocycles. The van der Waals surface area contributed by atoms with Gasteiger partial charge in [0.15, 0.2) is 17.5 Å². The molecule has 15 heavy (non-hydrogen) atoms. The monoisotopic (exact) mass is 228 g/mol. The van der Waals surface area contributed by atoms with E-state index in [0.29, 0.717) is 0 Å². The van der Waals surface area contributed by atoms with E-state index in [-0.39, 0.29) is 6.92 Å². The second-order valence-electron chi connectivity index (χ2n) is 3.14. The first kappa shape index (κ1) is 11.9. The number of hydrogen-bond acceptors (Lipinski definition) is 0. The summed E-state index contributed by atoms with van der Waals surface area (Å²) in [5.41, 5.74) is -2.72. The molecule has 0 aliphatic rings. The summed E-state index contributed by atoms with van der Waals surface area (Å²) in [5.74, 6) is -11.8. The molecule has 0 radical (unpaired) electrons. The van der Waals surface area contributed by atoms with Crippen molar-refractivity contribution in [2.24, 2.45) is 0 Å². The number of rotatable bonds is 1. The molecule has 0 bridgehead atoms. The zero-order chi connectivity index (χ0) is 12.0. The van der Waals surface area contributed by atoms with Gasteiger partial charge in [-0.25, -0.2) is 26.3 Å². The fourth-order valence-electron chi connectivity index (χ4n) is 1.14. The van der Waals surface area contributed by atoms with Crippen molar-refractivity contribution < 1.29 is 26.3 Å². The third-order valence-electron chi connectivity index (χ3n) is 1.92. The molecule has 6 heteroatoms. The molecule has 1 rings (SSSR count). The summed E-state index contributed by atoms with van der Waals surface area (Å²) in [6, 6.07) is 0. The van der Waals surface area contributed by atoms with E-state index >= 15 is 0 Å². The summed E-state index contributed by atoms with van der Waals surface area (Å²) in [6.07, 6.45) is 0. The second kappa shape index (κ2) is 3.43. The van der Waals surface area contributed by atoms with Gasteiger partial charge in [-0.2, -0.15) is 0 Å². The predicted molar refractivity (Wildman–Crippen MR) is 40.6 cm³/mol. The molecule has 0 unspecified atom stereocenters. The Morgan fingerprint density at radius 3 is 1.67 bits per heavy atom. The van der Waals surface area contributed by atoms with Gasteiger partial charge in [-0.1, -0.05) is 0 Å². The van der Waals surface area contributed by atoms with Gasteiger partial charge in [0.25, 0.3) is 5.92 Å². The first-order chi connectivity index (χ1) is 6.68. The summed E-state index contributed by atoms with van der Waals surface area (Å²) in [6.45, 7) is 0.952. The molecule has 0 fully saturated rings. The van der Waals surface area contributed by atoms with Crippen LogP contribution >= 0.6 is 0 Å². The van der Waals surface area contributed by atoms with Crippen LogP contribution in [0.15, 0.2) is 0 Å². The topological polar surface area (TPSA) is 0 Å². The van der Waals surface area contributed by atoms with Crippen molar-refractivity contribution in [3.63, 3.8) is 0 Å². The van der Waals surface area contributed by atoms with Gasteiger partial charge in [-0.3, -0.25) is 0 Å². The van der Waals surface area contributed by atoms with Crippen molar-refractivity contribution in [2.75, 3.05) is 0 Å². The SMILES string of the molecule is Cc1c(F)c(F)c(F)c(C(C)(F)F)c1F. The third-order valence-corrected chi connectivity index (χ3v) is 1.92. The van der Waals surface area contributed by atoms with Crippen LogP contribution < -0.4 is 0 Å². The Labute approximate surface area is 81.5 Å². The van der Waals surface area contributed by atoms with Crippen molar-refractivity contribution in [3.05, 3.63) is 34.4 Å². The zero-order valence-corrected chi connectivity index (χ0v) is 7.77. The van der Waals surface area contributed by atoms with Crippen LogP contribution in [0.1, 0.15) is 18.1 Å². The van der Waals surface area contributed by atoms with E-state index in [4.69, 9.17) is 0 Å². The fourth-order valence-corrected chi connectivity index (χ4v) is 1.14. The van der Waals surface area contributed by atoms with Gasteiger partial charge >= 0.3 is 0 Å². The van der Waals surface area contributed by atoms with Crippen molar-refractivity contribution in [1.82, 2.24) is 0 Å². The molecule has 0 saturated heterocycles. The van der Waals surface area contributed by atoms with Crippen LogP contribution in [-0.4, -0.2) is 0 Å². The standard InChI is InChI=1S/C9H6F6/c1-3-5(10)4(9(2,14)15)7(12)8(13)6(3)11/h1-2H3. The van der Waals surface area contributed by atoms with E-state index in [1.165, 1.54) is 0 Å². The number of benzene rings is 1. The van der Waals surface area contributed by atoms with Gasteiger partial charge < -0.3 is 0 Å². The second-order valence-corrected chi connectivity index (χ2v) is 3.14. The molecule has 84 valence electrons. The van der Waals surface area contributed by atoms with Gasteiger partial charge in [-0.15, -0.1) is 0 Å². The molecule has 0 spiro atoms. The lowest BCUT2D eigenvalue weighted by Gasteiger charge is -2.15. The highest BCUT2D eigenvalue weighted by Crippen LogP contribution is 2.35. The smallest absolute Gasteiger partial charge is 0.206 e. The Morgan fingerprint density at radius 1 is 0.800 bits per heavy atom. The lowest BCUT2D eigenvalue weighted by atomic mass is 10.0. The molecule has 0 aliphatic heterocycles. The number of halogens is 6. The fraction of sp³-hybridized carbons (Fsp3) is 0.333. The average molecular weight is 228 g/mol. The number of hydrogen-bond donors (Lipinski definition) is 0. The Bertz CT molecular complexity index is 375. The van der Waals surface area contributed by atoms with Crippen LogP contribution in [0.3, 0.4) is 0 Å². The van der Waals surface area contributed by atoms with Crippen molar-refractivity contribution in [3.8, 4) is 0 Å². The van der Waals surface area contributed by atoms with Gasteiger partial charge in [0, 0.05) is 12.5 Å². The largest absolute Gasteiger partial charge is 0.276 e. The molecule has 0 heterocycles. The highest BCUT2D eigenvalue weighted by Gasteiger charge is 2.36. The van der Waals surface area contributed by atoms with Crippen LogP contribution in [0, 0.1) is 30.2 Å². The van der Waals surface area contributed by atoms with Crippen LogP contribution in [0.25, 0.3) is 0 Å². The molecular formula is C9H6F6. The molecule has 1 aromatic rings. The maximum Gasteiger partial charge on any atom is 0.276 e. The van der Waals surface area contributed by atoms with E-state index in [1.807, 2.05) is 0 Å². The van der Waals surface area contributed by atoms with Crippen LogP contribution in [0.4, 0.5) is 26.3 Å². The molecule has 0 atom stereocenters. The third kappa shape index (κ3) is 1.80. The average Bonchev–Trinajstić information content (AvgIpc) is 2.09. The Kier molecular flexibility index (Phi) is 2.71. The van der Waals surface area contributed by atoms with Crippen LogP contribution in [0.5, 0.6) is 0 Å². The molecule has 1 aromatic carbocycles. The predicted octanol–water partition coefficient (Wildman–Crippen LogP) is 3.66. The Hall–Kier alpha value is -1.20. The summed E-state index contributed by atoms with van der Waals surface area (Å²) >= 11 is 0. The van der Waals surface area contributed by atoms with E-state index in [9.17, 15) is 26.3 Å². The molecule has 0 N–H and O–H groups in total. The Morgan fingerprint density at radius 2 is 1.27 bits per heavy atom. The van der Waals surface area contributed by atoms with Gasteiger partial charge in [0.1, 0.15) is 5.82 Å². The van der Waals surface area contributed by atoms with E-state index in [2.05, 4.69) is 0 Å². The summed E-state index contributed by atoms with van der Waals surface area (Å²) in [5, 5.41) is 0. The molecule has 0 aromatic heterocycles. The zero-order valence-electron chi connectivity index (χ0n) is 7.77. The maximum atomic E-state index is 13.1. The summed E-state index contributed by atoms with van der Waals surface area (Å²) in [4.78, 5) is 0. The minimum atomic E-state index is -3.91. The number of alkyl halides is 2. The Balaban J connectivity index is 3.68. The van der Waals surface area contributed by atoms with Crippen molar-refractivity contribution in [2.45, 2.75) is 19.8 Å². The van der Waals surface area contributed by atoms with E-state index < -0.39 is 40.3 Å². The lowest BCUT2D eigenvalue weighted by Crippen LogP contribution is -2.17. The van der Waals surface area contributed by atoms with Crippen LogP contribution in [0.2, 0.25) is 0 Å². The molecule has 0 amide bonds. The highest BCUT2D eigenvalue weighted by molar-refractivity contribution is 5.32. The first-order valence-corrected chi connectivity index (χ1v) is 3.88. The normalized spacial score (nSPS) is 12.0. The van der Waals surface area contributed by atoms with Crippen LogP contribution in [-0.2, 0) is 5.92 Å². The molecule has 0 nitrogen and oxygen atoms in total. The van der Waals surface area contributed by atoms with E-state index in [0.717, 1.165) is 6.92 Å². The van der Waals surface area contributed by atoms with Gasteiger partial charge in [0.05, 0.1) is 5.56 Å². The van der Waals surface area contributed by atoms with Crippen molar-refractivity contribution >= 4 is 0 Å². The van der Waals surface area contributed by atoms with Crippen molar-refractivity contribution in [1.29, 1.82) is 0 Å². The maximum absolute atomic E-state index is 13.1. The molecule has 0 aliphatic carbocycles. The van der Waals surface area contributed by atoms with Gasteiger partial charge in [0.2, 0.25) is 0 Å². The molecular weight excluding hydrogens is 222 g/mol. The van der Waals surface area contributed by atoms with E-state index in [1.54, 1.807) is 0 Å². The first-order valence-electron chi connectivity index (χ1n) is 3.88. The lowest BCUT2D eigenvalue weighted by molar-refractivity contribution is 0.00865.